The summed E-state index contributed by atoms with van der Waals surface area (Å²) in [5.41, 5.74) is 1.70. The van der Waals surface area contributed by atoms with Gasteiger partial charge in [-0.1, -0.05) is 18.2 Å². The van der Waals surface area contributed by atoms with Crippen LogP contribution in [-0.2, 0) is 0 Å². The first-order valence-corrected chi connectivity index (χ1v) is 4.94. The van der Waals surface area contributed by atoms with Gasteiger partial charge >= 0.3 is 0 Å². The zero-order chi connectivity index (χ0) is 10.8. The molecule has 3 aromatic rings. The van der Waals surface area contributed by atoms with Crippen LogP contribution in [-0.4, -0.2) is 15.2 Å². The lowest BCUT2D eigenvalue weighted by atomic mass is 10.3. The van der Waals surface area contributed by atoms with Gasteiger partial charge in [-0.15, -0.1) is 0 Å². The van der Waals surface area contributed by atoms with E-state index in [0.29, 0.717) is 5.75 Å². The first-order valence-electron chi connectivity index (χ1n) is 4.94. The van der Waals surface area contributed by atoms with Gasteiger partial charge in [-0.3, -0.25) is 5.10 Å². The highest BCUT2D eigenvalue weighted by atomic mass is 16.5. The van der Waals surface area contributed by atoms with E-state index in [0.717, 1.165) is 16.8 Å². The number of pyridine rings is 1. The van der Waals surface area contributed by atoms with Crippen LogP contribution < -0.4 is 4.74 Å². The Balaban J connectivity index is 1.94. The largest absolute Gasteiger partial charge is 0.456 e. The fourth-order valence-corrected chi connectivity index (χ4v) is 1.49. The van der Waals surface area contributed by atoms with Crippen molar-refractivity contribution in [3.05, 3.63) is 48.8 Å². The average Bonchev–Trinajstić information content (AvgIpc) is 2.77. The Morgan fingerprint density at radius 2 is 1.88 bits per heavy atom. The van der Waals surface area contributed by atoms with Crippen LogP contribution in [0.2, 0.25) is 0 Å². The summed E-state index contributed by atoms with van der Waals surface area (Å²) in [5, 5.41) is 6.76. The Kier molecular flexibility index (Phi) is 2.04. The van der Waals surface area contributed by atoms with Crippen molar-refractivity contribution in [2.75, 3.05) is 0 Å². The third-order valence-corrected chi connectivity index (χ3v) is 2.24. The van der Waals surface area contributed by atoms with E-state index in [1.165, 1.54) is 0 Å². The van der Waals surface area contributed by atoms with E-state index in [2.05, 4.69) is 15.2 Å². The maximum Gasteiger partial charge on any atom is 0.147 e. The third-order valence-electron chi connectivity index (χ3n) is 2.24. The molecule has 0 atom stereocenters. The molecule has 1 aromatic carbocycles. The number of hydrogen-bond acceptors (Lipinski definition) is 3. The predicted octanol–water partition coefficient (Wildman–Crippen LogP) is 2.75. The van der Waals surface area contributed by atoms with E-state index in [-0.39, 0.29) is 0 Å². The van der Waals surface area contributed by atoms with E-state index < -0.39 is 0 Å². The highest BCUT2D eigenvalue weighted by Gasteiger charge is 2.01. The number of aromatic nitrogens is 3. The van der Waals surface area contributed by atoms with Gasteiger partial charge < -0.3 is 4.74 Å². The van der Waals surface area contributed by atoms with Gasteiger partial charge in [0.05, 0.1) is 17.9 Å². The molecule has 16 heavy (non-hydrogen) atoms. The second-order valence-electron chi connectivity index (χ2n) is 3.39. The zero-order valence-corrected chi connectivity index (χ0v) is 8.42. The molecule has 0 spiro atoms. The highest BCUT2D eigenvalue weighted by molar-refractivity contribution is 5.74. The molecule has 0 aliphatic rings. The summed E-state index contributed by atoms with van der Waals surface area (Å²) in [6.07, 6.45) is 3.37. The molecule has 0 radical (unpaired) electrons. The topological polar surface area (TPSA) is 50.8 Å². The Labute approximate surface area is 91.9 Å². The molecule has 4 nitrogen and oxygen atoms in total. The third kappa shape index (κ3) is 1.61. The molecule has 4 heteroatoms. The fraction of sp³-hybridized carbons (Fsp3) is 0. The van der Waals surface area contributed by atoms with Crippen molar-refractivity contribution in [2.24, 2.45) is 0 Å². The molecule has 0 aliphatic heterocycles. The molecule has 0 saturated heterocycles. The van der Waals surface area contributed by atoms with Crippen LogP contribution in [0.25, 0.3) is 11.0 Å². The van der Waals surface area contributed by atoms with Crippen molar-refractivity contribution in [1.29, 1.82) is 0 Å². The molecule has 0 aliphatic carbocycles. The minimum absolute atomic E-state index is 0.697. The number of para-hydroxylation sites is 1. The van der Waals surface area contributed by atoms with E-state index in [9.17, 15) is 0 Å². The highest BCUT2D eigenvalue weighted by Crippen LogP contribution is 2.22. The van der Waals surface area contributed by atoms with Gasteiger partial charge in [-0.05, 0) is 12.1 Å². The standard InChI is InChI=1S/C12H9N3O/c1-2-4-9(5-3-1)16-10-6-11-12(13-7-10)8-14-15-11/h1-8H,(H,14,15). The second kappa shape index (κ2) is 3.66. The molecular formula is C12H9N3O. The van der Waals surface area contributed by atoms with Gasteiger partial charge in [0, 0.05) is 6.07 Å². The molecule has 0 unspecified atom stereocenters. The minimum Gasteiger partial charge on any atom is -0.456 e. The molecule has 0 bridgehead atoms. The summed E-state index contributed by atoms with van der Waals surface area (Å²) in [6.45, 7) is 0. The molecule has 0 amide bonds. The maximum atomic E-state index is 5.65. The minimum atomic E-state index is 0.697. The lowest BCUT2D eigenvalue weighted by Gasteiger charge is -2.04. The molecule has 1 N–H and O–H groups in total. The van der Waals surface area contributed by atoms with Crippen molar-refractivity contribution in [3.63, 3.8) is 0 Å². The van der Waals surface area contributed by atoms with Crippen LogP contribution in [0.1, 0.15) is 0 Å². The number of rotatable bonds is 2. The number of benzene rings is 1. The van der Waals surface area contributed by atoms with E-state index in [1.807, 2.05) is 36.4 Å². The van der Waals surface area contributed by atoms with Crippen LogP contribution in [0.4, 0.5) is 0 Å². The van der Waals surface area contributed by atoms with E-state index in [4.69, 9.17) is 4.74 Å². The normalized spacial score (nSPS) is 10.5. The Morgan fingerprint density at radius 3 is 2.75 bits per heavy atom. The van der Waals surface area contributed by atoms with Crippen molar-refractivity contribution < 1.29 is 4.74 Å². The monoisotopic (exact) mass is 211 g/mol. The Bertz CT molecular complexity index is 604. The van der Waals surface area contributed by atoms with Gasteiger partial charge in [0.1, 0.15) is 17.0 Å². The Hall–Kier alpha value is -2.36. The van der Waals surface area contributed by atoms with Crippen LogP contribution >= 0.6 is 0 Å². The molecule has 2 aromatic heterocycles. The SMILES string of the molecule is c1ccc(Oc2cnc3cn[nH]c3c2)cc1. The van der Waals surface area contributed by atoms with Crippen molar-refractivity contribution in [2.45, 2.75) is 0 Å². The summed E-state index contributed by atoms with van der Waals surface area (Å²) in [4.78, 5) is 4.22. The number of nitrogens with zero attached hydrogens (tertiary/aromatic N) is 2. The van der Waals surface area contributed by atoms with Crippen LogP contribution in [0.15, 0.2) is 48.8 Å². The molecule has 2 heterocycles. The van der Waals surface area contributed by atoms with Gasteiger partial charge in [-0.25, -0.2) is 4.98 Å². The first-order chi connectivity index (χ1) is 7.92. The predicted molar refractivity (Wildman–Crippen MR) is 60.4 cm³/mol. The first kappa shape index (κ1) is 8.91. The summed E-state index contributed by atoms with van der Waals surface area (Å²) < 4.78 is 5.65. The average molecular weight is 211 g/mol. The maximum absolute atomic E-state index is 5.65. The molecule has 0 saturated carbocycles. The molecule has 0 fully saturated rings. The summed E-state index contributed by atoms with van der Waals surface area (Å²) in [7, 11) is 0. The number of fused-ring (bicyclic) bond motifs is 1. The lowest BCUT2D eigenvalue weighted by Crippen LogP contribution is -1.85. The smallest absolute Gasteiger partial charge is 0.147 e. The zero-order valence-electron chi connectivity index (χ0n) is 8.42. The summed E-state index contributed by atoms with van der Waals surface area (Å²) in [5.74, 6) is 1.49. The van der Waals surface area contributed by atoms with E-state index in [1.54, 1.807) is 12.4 Å². The number of nitrogens with one attached hydrogen (secondary N) is 1. The fourth-order valence-electron chi connectivity index (χ4n) is 1.49. The van der Waals surface area contributed by atoms with Crippen molar-refractivity contribution >= 4 is 11.0 Å². The molecule has 78 valence electrons. The number of H-pyrrole nitrogens is 1. The van der Waals surface area contributed by atoms with Crippen LogP contribution in [0.3, 0.4) is 0 Å². The number of aromatic amines is 1. The molecular weight excluding hydrogens is 202 g/mol. The second-order valence-corrected chi connectivity index (χ2v) is 3.39. The lowest BCUT2D eigenvalue weighted by molar-refractivity contribution is 0.481. The van der Waals surface area contributed by atoms with Crippen molar-refractivity contribution in [1.82, 2.24) is 15.2 Å². The Morgan fingerprint density at radius 1 is 1.00 bits per heavy atom. The van der Waals surface area contributed by atoms with E-state index >= 15 is 0 Å². The van der Waals surface area contributed by atoms with Gasteiger partial charge in [-0.2, -0.15) is 5.10 Å². The van der Waals surface area contributed by atoms with Crippen LogP contribution in [0, 0.1) is 0 Å². The van der Waals surface area contributed by atoms with Crippen molar-refractivity contribution in [3.8, 4) is 11.5 Å². The number of hydrogen-bond donors (Lipinski definition) is 1. The van der Waals surface area contributed by atoms with Crippen LogP contribution in [0.5, 0.6) is 11.5 Å². The van der Waals surface area contributed by atoms with Gasteiger partial charge in [0.2, 0.25) is 0 Å². The van der Waals surface area contributed by atoms with Gasteiger partial charge in [0.25, 0.3) is 0 Å². The summed E-state index contributed by atoms with van der Waals surface area (Å²) in [6, 6.07) is 11.5. The number of ether oxygens (including phenoxy) is 1. The molecule has 3 rings (SSSR count). The summed E-state index contributed by atoms with van der Waals surface area (Å²) >= 11 is 0. The quantitative estimate of drug-likeness (QED) is 0.709. The van der Waals surface area contributed by atoms with Gasteiger partial charge in [0.15, 0.2) is 0 Å².